The van der Waals surface area contributed by atoms with Gasteiger partial charge in [0.25, 0.3) is 0 Å². The standard InChI is InChI=1S/C13H25N/c1-4-11-6-5-7-12-10(2)14(3)9-8-13(11)12/h10-13H,4-9H2,1-3H3. The SMILES string of the molecule is CCC1CCCC2C1CCN(C)C2C. The largest absolute Gasteiger partial charge is 0.303 e. The second-order valence-corrected chi connectivity index (χ2v) is 5.44. The monoisotopic (exact) mass is 195 g/mol. The van der Waals surface area contributed by atoms with Crippen LogP contribution in [0.1, 0.15) is 46.0 Å². The molecule has 0 radical (unpaired) electrons. The van der Waals surface area contributed by atoms with Crippen molar-refractivity contribution in [1.82, 2.24) is 4.90 Å². The zero-order chi connectivity index (χ0) is 10.1. The number of hydrogen-bond acceptors (Lipinski definition) is 1. The Morgan fingerprint density at radius 1 is 1.14 bits per heavy atom. The molecule has 0 spiro atoms. The van der Waals surface area contributed by atoms with Crippen molar-refractivity contribution in [2.24, 2.45) is 17.8 Å². The minimum absolute atomic E-state index is 0.836. The maximum absolute atomic E-state index is 2.57. The van der Waals surface area contributed by atoms with E-state index in [2.05, 4.69) is 25.8 Å². The van der Waals surface area contributed by atoms with E-state index in [0.29, 0.717) is 0 Å². The Kier molecular flexibility index (Phi) is 3.16. The predicted molar refractivity (Wildman–Crippen MR) is 61.3 cm³/mol. The summed E-state index contributed by atoms with van der Waals surface area (Å²) in [4.78, 5) is 2.57. The van der Waals surface area contributed by atoms with Gasteiger partial charge in [-0.3, -0.25) is 0 Å². The predicted octanol–water partition coefficient (Wildman–Crippen LogP) is 3.15. The van der Waals surface area contributed by atoms with E-state index in [-0.39, 0.29) is 0 Å². The fourth-order valence-electron chi connectivity index (χ4n) is 3.83. The Morgan fingerprint density at radius 3 is 2.64 bits per heavy atom. The number of hydrogen-bond donors (Lipinski definition) is 0. The summed E-state index contributed by atoms with van der Waals surface area (Å²) in [5, 5.41) is 0. The molecule has 2 fully saturated rings. The van der Waals surface area contributed by atoms with Crippen LogP contribution < -0.4 is 0 Å². The van der Waals surface area contributed by atoms with E-state index in [1.807, 2.05) is 0 Å². The molecule has 0 aromatic carbocycles. The molecule has 2 rings (SSSR count). The fraction of sp³-hybridized carbons (Fsp3) is 1.00. The lowest BCUT2D eigenvalue weighted by atomic mass is 9.65. The third kappa shape index (κ3) is 1.71. The van der Waals surface area contributed by atoms with Crippen LogP contribution >= 0.6 is 0 Å². The van der Waals surface area contributed by atoms with Crippen LogP contribution in [-0.4, -0.2) is 24.5 Å². The van der Waals surface area contributed by atoms with Crippen LogP contribution in [0.3, 0.4) is 0 Å². The molecule has 0 aromatic rings. The first-order valence-corrected chi connectivity index (χ1v) is 6.44. The average Bonchev–Trinajstić information content (AvgIpc) is 2.23. The van der Waals surface area contributed by atoms with E-state index in [4.69, 9.17) is 0 Å². The fourth-order valence-corrected chi connectivity index (χ4v) is 3.83. The van der Waals surface area contributed by atoms with Crippen molar-refractivity contribution in [3.8, 4) is 0 Å². The van der Waals surface area contributed by atoms with Gasteiger partial charge in [0.1, 0.15) is 0 Å². The Balaban J connectivity index is 2.07. The van der Waals surface area contributed by atoms with Crippen LogP contribution in [-0.2, 0) is 0 Å². The summed E-state index contributed by atoms with van der Waals surface area (Å²) in [5.74, 6) is 3.11. The lowest BCUT2D eigenvalue weighted by Gasteiger charge is -2.48. The number of piperidine rings is 1. The molecule has 2 aliphatic rings. The molecule has 0 amide bonds. The highest BCUT2D eigenvalue weighted by Crippen LogP contribution is 2.43. The Labute approximate surface area is 88.9 Å². The zero-order valence-electron chi connectivity index (χ0n) is 10.00. The van der Waals surface area contributed by atoms with Gasteiger partial charge in [0.2, 0.25) is 0 Å². The molecule has 0 N–H and O–H groups in total. The van der Waals surface area contributed by atoms with Crippen molar-refractivity contribution >= 4 is 0 Å². The highest BCUT2D eigenvalue weighted by molar-refractivity contribution is 4.91. The summed E-state index contributed by atoms with van der Waals surface area (Å²) in [7, 11) is 2.30. The molecule has 1 heterocycles. The summed E-state index contributed by atoms with van der Waals surface area (Å²) in [6, 6.07) is 0.836. The number of likely N-dealkylation sites (tertiary alicyclic amines) is 1. The summed E-state index contributed by atoms with van der Waals surface area (Å²) < 4.78 is 0. The van der Waals surface area contributed by atoms with E-state index >= 15 is 0 Å². The van der Waals surface area contributed by atoms with Gasteiger partial charge in [-0.05, 0) is 51.1 Å². The minimum atomic E-state index is 0.836. The molecule has 82 valence electrons. The van der Waals surface area contributed by atoms with E-state index in [0.717, 1.165) is 23.8 Å². The van der Waals surface area contributed by atoms with Crippen LogP contribution in [0.5, 0.6) is 0 Å². The maximum atomic E-state index is 2.57. The Morgan fingerprint density at radius 2 is 1.93 bits per heavy atom. The molecule has 0 aromatic heterocycles. The smallest absolute Gasteiger partial charge is 0.00949 e. The van der Waals surface area contributed by atoms with Gasteiger partial charge in [0.05, 0.1) is 0 Å². The van der Waals surface area contributed by atoms with Crippen LogP contribution in [0.2, 0.25) is 0 Å². The molecular weight excluding hydrogens is 170 g/mol. The normalized spacial score (nSPS) is 44.8. The molecule has 0 bridgehead atoms. The molecule has 1 aliphatic heterocycles. The quantitative estimate of drug-likeness (QED) is 0.621. The highest BCUT2D eigenvalue weighted by Gasteiger charge is 2.39. The van der Waals surface area contributed by atoms with Crippen molar-refractivity contribution in [2.75, 3.05) is 13.6 Å². The van der Waals surface area contributed by atoms with Crippen LogP contribution in [0.15, 0.2) is 0 Å². The Bertz CT molecular complexity index is 188. The molecule has 4 unspecified atom stereocenters. The first-order valence-electron chi connectivity index (χ1n) is 6.44. The molecule has 1 aliphatic carbocycles. The van der Waals surface area contributed by atoms with Crippen molar-refractivity contribution in [1.29, 1.82) is 0 Å². The molecular formula is C13H25N. The van der Waals surface area contributed by atoms with E-state index in [9.17, 15) is 0 Å². The summed E-state index contributed by atoms with van der Waals surface area (Å²) >= 11 is 0. The van der Waals surface area contributed by atoms with Gasteiger partial charge in [-0.15, -0.1) is 0 Å². The summed E-state index contributed by atoms with van der Waals surface area (Å²) in [6.07, 6.45) is 7.36. The summed E-state index contributed by atoms with van der Waals surface area (Å²) in [5.41, 5.74) is 0. The first kappa shape index (κ1) is 10.5. The third-order valence-electron chi connectivity index (χ3n) is 4.92. The first-order chi connectivity index (χ1) is 6.74. The van der Waals surface area contributed by atoms with Crippen LogP contribution in [0, 0.1) is 17.8 Å². The van der Waals surface area contributed by atoms with E-state index < -0.39 is 0 Å². The minimum Gasteiger partial charge on any atom is -0.303 e. The van der Waals surface area contributed by atoms with Crippen molar-refractivity contribution < 1.29 is 0 Å². The number of nitrogens with zero attached hydrogens (tertiary/aromatic N) is 1. The molecule has 1 saturated carbocycles. The number of rotatable bonds is 1. The van der Waals surface area contributed by atoms with Gasteiger partial charge in [-0.1, -0.05) is 26.2 Å². The van der Waals surface area contributed by atoms with Gasteiger partial charge in [0.15, 0.2) is 0 Å². The van der Waals surface area contributed by atoms with Gasteiger partial charge in [-0.2, -0.15) is 0 Å². The Hall–Kier alpha value is -0.0400. The molecule has 4 atom stereocenters. The van der Waals surface area contributed by atoms with E-state index in [1.54, 1.807) is 0 Å². The average molecular weight is 195 g/mol. The number of fused-ring (bicyclic) bond motifs is 1. The van der Waals surface area contributed by atoms with Crippen molar-refractivity contribution in [3.05, 3.63) is 0 Å². The van der Waals surface area contributed by atoms with Crippen molar-refractivity contribution in [3.63, 3.8) is 0 Å². The molecule has 1 saturated heterocycles. The zero-order valence-corrected chi connectivity index (χ0v) is 10.00. The van der Waals surface area contributed by atoms with E-state index in [1.165, 1.54) is 38.6 Å². The van der Waals surface area contributed by atoms with Gasteiger partial charge < -0.3 is 4.90 Å². The molecule has 1 heteroatoms. The second kappa shape index (κ2) is 4.22. The van der Waals surface area contributed by atoms with Gasteiger partial charge >= 0.3 is 0 Å². The van der Waals surface area contributed by atoms with Crippen molar-refractivity contribution in [2.45, 2.75) is 52.0 Å². The maximum Gasteiger partial charge on any atom is 0.00949 e. The molecule has 1 nitrogen and oxygen atoms in total. The topological polar surface area (TPSA) is 3.24 Å². The van der Waals surface area contributed by atoms with Crippen LogP contribution in [0.25, 0.3) is 0 Å². The van der Waals surface area contributed by atoms with Gasteiger partial charge in [0, 0.05) is 6.04 Å². The second-order valence-electron chi connectivity index (χ2n) is 5.44. The lowest BCUT2D eigenvalue weighted by molar-refractivity contribution is 0.0150. The third-order valence-corrected chi connectivity index (χ3v) is 4.92. The lowest BCUT2D eigenvalue weighted by Crippen LogP contribution is -2.48. The van der Waals surface area contributed by atoms with Gasteiger partial charge in [-0.25, -0.2) is 0 Å². The summed E-state index contributed by atoms with van der Waals surface area (Å²) in [6.45, 7) is 6.16. The highest BCUT2D eigenvalue weighted by atomic mass is 15.1. The van der Waals surface area contributed by atoms with Crippen LogP contribution in [0.4, 0.5) is 0 Å². The molecule has 14 heavy (non-hydrogen) atoms.